The highest BCUT2D eigenvalue weighted by molar-refractivity contribution is 9.10. The third kappa shape index (κ3) is 4.37. The van der Waals surface area contributed by atoms with E-state index in [9.17, 15) is 9.59 Å². The quantitative estimate of drug-likeness (QED) is 0.869. The van der Waals surface area contributed by atoms with E-state index in [-0.39, 0.29) is 18.0 Å². The zero-order chi connectivity index (χ0) is 17.2. The Morgan fingerprint density at radius 3 is 2.52 bits per heavy atom. The van der Waals surface area contributed by atoms with Crippen LogP contribution in [0.25, 0.3) is 0 Å². The van der Waals surface area contributed by atoms with Crippen LogP contribution in [-0.4, -0.2) is 48.7 Å². The smallest absolute Gasteiger partial charge is 0.410 e. The molecular formula is C16H21BrN2O4. The summed E-state index contributed by atoms with van der Waals surface area (Å²) in [5.41, 5.74) is -0.0704. The molecule has 2 rings (SSSR count). The lowest BCUT2D eigenvalue weighted by molar-refractivity contribution is 0.00531. The van der Waals surface area contributed by atoms with Crippen LogP contribution in [0.5, 0.6) is 5.75 Å². The lowest BCUT2D eigenvalue weighted by atomic mass is 10.1. The summed E-state index contributed by atoms with van der Waals surface area (Å²) in [6, 6.07) is 5.22. The lowest BCUT2D eigenvalue weighted by Crippen LogP contribution is -2.61. The SMILES string of the molecule is COc1cccc(Br)c1C(=O)NC1CN(C(=O)OC(C)(C)C)C1. The van der Waals surface area contributed by atoms with Crippen LogP contribution in [0.3, 0.4) is 0 Å². The number of amides is 2. The fourth-order valence-corrected chi connectivity index (χ4v) is 2.73. The highest BCUT2D eigenvalue weighted by Gasteiger charge is 2.35. The Balaban J connectivity index is 1.91. The lowest BCUT2D eigenvalue weighted by Gasteiger charge is -2.40. The maximum Gasteiger partial charge on any atom is 0.410 e. The van der Waals surface area contributed by atoms with Crippen molar-refractivity contribution in [3.05, 3.63) is 28.2 Å². The van der Waals surface area contributed by atoms with E-state index >= 15 is 0 Å². The minimum absolute atomic E-state index is 0.0909. The Morgan fingerprint density at radius 2 is 1.96 bits per heavy atom. The highest BCUT2D eigenvalue weighted by Crippen LogP contribution is 2.27. The standard InChI is InChI=1S/C16H21BrN2O4/c1-16(2,3)23-15(21)19-8-10(9-19)18-14(20)13-11(17)6-5-7-12(13)22-4/h5-7,10H,8-9H2,1-4H3,(H,18,20). The van der Waals surface area contributed by atoms with Crippen molar-refractivity contribution < 1.29 is 19.1 Å². The van der Waals surface area contributed by atoms with Crippen LogP contribution in [0.1, 0.15) is 31.1 Å². The number of carbonyl (C=O) groups is 2. The molecule has 1 aromatic rings. The normalized spacial score (nSPS) is 14.9. The van der Waals surface area contributed by atoms with Gasteiger partial charge in [0.2, 0.25) is 0 Å². The number of ether oxygens (including phenoxy) is 2. The molecular weight excluding hydrogens is 364 g/mol. The Hall–Kier alpha value is -1.76. The molecule has 1 heterocycles. The second-order valence-corrected chi connectivity index (χ2v) is 7.23. The molecule has 1 aromatic carbocycles. The number of halogens is 1. The average Bonchev–Trinajstić information content (AvgIpc) is 2.39. The molecule has 2 amide bonds. The third-order valence-electron chi connectivity index (χ3n) is 3.29. The average molecular weight is 385 g/mol. The molecule has 7 heteroatoms. The molecule has 0 saturated carbocycles. The van der Waals surface area contributed by atoms with Gasteiger partial charge in [0.1, 0.15) is 11.4 Å². The molecule has 0 radical (unpaired) electrons. The van der Waals surface area contributed by atoms with Crippen molar-refractivity contribution in [1.82, 2.24) is 10.2 Å². The number of benzene rings is 1. The number of likely N-dealkylation sites (tertiary alicyclic amines) is 1. The summed E-state index contributed by atoms with van der Waals surface area (Å²) in [7, 11) is 1.52. The van der Waals surface area contributed by atoms with Crippen LogP contribution in [0, 0.1) is 0 Å². The van der Waals surface area contributed by atoms with Crippen molar-refractivity contribution in [1.29, 1.82) is 0 Å². The van der Waals surface area contributed by atoms with Gasteiger partial charge in [0.05, 0.1) is 18.7 Å². The molecule has 0 spiro atoms. The number of nitrogens with zero attached hydrogens (tertiary/aromatic N) is 1. The minimum atomic E-state index is -0.520. The van der Waals surface area contributed by atoms with Crippen LogP contribution in [0.2, 0.25) is 0 Å². The zero-order valence-corrected chi connectivity index (χ0v) is 15.3. The first-order valence-corrected chi connectivity index (χ1v) is 8.12. The van der Waals surface area contributed by atoms with Gasteiger partial charge in [-0.3, -0.25) is 4.79 Å². The van der Waals surface area contributed by atoms with E-state index in [4.69, 9.17) is 9.47 Å². The predicted octanol–water partition coefficient (Wildman–Crippen LogP) is 2.81. The van der Waals surface area contributed by atoms with Gasteiger partial charge in [-0.15, -0.1) is 0 Å². The number of methoxy groups -OCH3 is 1. The largest absolute Gasteiger partial charge is 0.496 e. The van der Waals surface area contributed by atoms with Gasteiger partial charge in [-0.05, 0) is 48.8 Å². The van der Waals surface area contributed by atoms with Gasteiger partial charge >= 0.3 is 6.09 Å². The first-order valence-electron chi connectivity index (χ1n) is 7.32. The molecule has 23 heavy (non-hydrogen) atoms. The molecule has 1 saturated heterocycles. The molecule has 126 valence electrons. The Bertz CT molecular complexity index is 607. The van der Waals surface area contributed by atoms with Crippen LogP contribution in [0.4, 0.5) is 4.79 Å². The van der Waals surface area contributed by atoms with E-state index in [0.29, 0.717) is 28.9 Å². The van der Waals surface area contributed by atoms with Crippen LogP contribution in [0.15, 0.2) is 22.7 Å². The maximum absolute atomic E-state index is 12.4. The number of hydrogen-bond acceptors (Lipinski definition) is 4. The van der Waals surface area contributed by atoms with Crippen LogP contribution >= 0.6 is 15.9 Å². The second kappa shape index (κ2) is 6.78. The summed E-state index contributed by atoms with van der Waals surface area (Å²) < 4.78 is 11.2. The Labute approximate surface area is 144 Å². The summed E-state index contributed by atoms with van der Waals surface area (Å²) in [4.78, 5) is 25.8. The second-order valence-electron chi connectivity index (χ2n) is 6.37. The Kier molecular flexibility index (Phi) is 5.19. The van der Waals surface area contributed by atoms with E-state index < -0.39 is 5.60 Å². The van der Waals surface area contributed by atoms with Crippen molar-refractivity contribution in [3.63, 3.8) is 0 Å². The molecule has 1 fully saturated rings. The zero-order valence-electron chi connectivity index (χ0n) is 13.7. The molecule has 0 aliphatic carbocycles. The summed E-state index contributed by atoms with van der Waals surface area (Å²) >= 11 is 3.36. The third-order valence-corrected chi connectivity index (χ3v) is 3.95. The summed E-state index contributed by atoms with van der Waals surface area (Å²) in [6.07, 6.45) is -0.360. The van der Waals surface area contributed by atoms with E-state index in [2.05, 4.69) is 21.2 Å². The first-order chi connectivity index (χ1) is 10.7. The monoisotopic (exact) mass is 384 g/mol. The molecule has 0 unspecified atom stereocenters. The van der Waals surface area contributed by atoms with Crippen molar-refractivity contribution in [2.45, 2.75) is 32.4 Å². The van der Waals surface area contributed by atoms with Gasteiger partial charge in [0, 0.05) is 17.6 Å². The Morgan fingerprint density at radius 1 is 1.30 bits per heavy atom. The van der Waals surface area contributed by atoms with Crippen molar-refractivity contribution >= 4 is 27.9 Å². The molecule has 6 nitrogen and oxygen atoms in total. The number of hydrogen-bond donors (Lipinski definition) is 1. The van der Waals surface area contributed by atoms with Gasteiger partial charge in [-0.2, -0.15) is 0 Å². The molecule has 1 aliphatic rings. The fraction of sp³-hybridized carbons (Fsp3) is 0.500. The number of nitrogens with one attached hydrogen (secondary N) is 1. The van der Waals surface area contributed by atoms with Crippen molar-refractivity contribution in [3.8, 4) is 5.75 Å². The molecule has 1 aliphatic heterocycles. The maximum atomic E-state index is 12.4. The summed E-state index contributed by atoms with van der Waals surface area (Å²) in [6.45, 7) is 6.34. The minimum Gasteiger partial charge on any atom is -0.496 e. The van der Waals surface area contributed by atoms with Crippen LogP contribution < -0.4 is 10.1 Å². The topological polar surface area (TPSA) is 67.9 Å². The predicted molar refractivity (Wildman–Crippen MR) is 89.8 cm³/mol. The number of carbonyl (C=O) groups excluding carboxylic acids is 2. The number of rotatable bonds is 3. The van der Waals surface area contributed by atoms with Crippen LogP contribution in [-0.2, 0) is 4.74 Å². The van der Waals surface area contributed by atoms with Gasteiger partial charge < -0.3 is 19.7 Å². The highest BCUT2D eigenvalue weighted by atomic mass is 79.9. The van der Waals surface area contributed by atoms with E-state index in [1.165, 1.54) is 7.11 Å². The molecule has 0 bridgehead atoms. The molecule has 0 aromatic heterocycles. The van der Waals surface area contributed by atoms with Gasteiger partial charge in [-0.25, -0.2) is 4.79 Å². The van der Waals surface area contributed by atoms with Gasteiger partial charge in [-0.1, -0.05) is 6.07 Å². The first kappa shape index (κ1) is 17.6. The van der Waals surface area contributed by atoms with Crippen molar-refractivity contribution in [2.24, 2.45) is 0 Å². The van der Waals surface area contributed by atoms with E-state index in [1.54, 1.807) is 23.1 Å². The summed E-state index contributed by atoms with van der Waals surface area (Å²) in [5, 5.41) is 2.90. The van der Waals surface area contributed by atoms with E-state index in [1.807, 2.05) is 20.8 Å². The summed E-state index contributed by atoms with van der Waals surface area (Å²) in [5.74, 6) is 0.267. The van der Waals surface area contributed by atoms with Gasteiger partial charge in [0.15, 0.2) is 0 Å². The fourth-order valence-electron chi connectivity index (χ4n) is 2.20. The van der Waals surface area contributed by atoms with Gasteiger partial charge in [0.25, 0.3) is 5.91 Å². The van der Waals surface area contributed by atoms with Crippen molar-refractivity contribution in [2.75, 3.05) is 20.2 Å². The molecule has 1 N–H and O–H groups in total. The van der Waals surface area contributed by atoms with E-state index in [0.717, 1.165) is 0 Å². The molecule has 0 atom stereocenters.